The van der Waals surface area contributed by atoms with E-state index >= 15 is 0 Å². The maximum atomic E-state index is 13.7. The summed E-state index contributed by atoms with van der Waals surface area (Å²) in [6, 6.07) is 9.99. The van der Waals surface area contributed by atoms with E-state index in [-0.39, 0.29) is 29.8 Å². The Bertz CT molecular complexity index is 2100. The van der Waals surface area contributed by atoms with Gasteiger partial charge in [-0.15, -0.1) is 0 Å². The molecule has 1 N–H and O–H groups in total. The summed E-state index contributed by atoms with van der Waals surface area (Å²) in [6.45, 7) is 2.92. The number of alkyl halides is 6. The van der Waals surface area contributed by atoms with Crippen molar-refractivity contribution in [3.8, 4) is 34.0 Å². The molecule has 264 valence electrons. The van der Waals surface area contributed by atoms with Gasteiger partial charge < -0.3 is 14.6 Å². The van der Waals surface area contributed by atoms with Crippen molar-refractivity contribution in [3.05, 3.63) is 113 Å². The van der Waals surface area contributed by atoms with Crippen molar-refractivity contribution in [1.82, 2.24) is 24.4 Å². The number of rotatable bonds is 8. The molecule has 1 unspecified atom stereocenters. The predicted octanol–water partition coefficient (Wildman–Crippen LogP) is 8.13. The monoisotopic (exact) mass is 711 g/mol. The highest BCUT2D eigenvalue weighted by Crippen LogP contribution is 2.42. The molecule has 5 aromatic rings. The first-order valence-electron chi connectivity index (χ1n) is 15.2. The van der Waals surface area contributed by atoms with Crippen molar-refractivity contribution in [3.63, 3.8) is 0 Å². The molecular formula is C35H27F6N5O5. The Balaban J connectivity index is 1.43. The predicted molar refractivity (Wildman–Crippen MR) is 169 cm³/mol. The number of benzene rings is 3. The van der Waals surface area contributed by atoms with Crippen LogP contribution in [-0.4, -0.2) is 54.7 Å². The number of amides is 1. The topological polar surface area (TPSA) is 120 Å². The molecule has 10 nitrogen and oxygen atoms in total. The maximum absolute atomic E-state index is 13.7. The highest BCUT2D eigenvalue weighted by molar-refractivity contribution is 5.89. The molecule has 6 rings (SSSR count). The van der Waals surface area contributed by atoms with Gasteiger partial charge in [0.15, 0.2) is 0 Å². The molecule has 0 bridgehead atoms. The lowest BCUT2D eigenvalue weighted by atomic mass is 9.94. The van der Waals surface area contributed by atoms with Crippen LogP contribution in [0.2, 0.25) is 0 Å². The zero-order valence-electron chi connectivity index (χ0n) is 27.0. The lowest BCUT2D eigenvalue weighted by Crippen LogP contribution is -2.32. The minimum atomic E-state index is -5.09. The lowest BCUT2D eigenvalue weighted by Gasteiger charge is -2.23. The van der Waals surface area contributed by atoms with Gasteiger partial charge in [0.2, 0.25) is 5.95 Å². The summed E-state index contributed by atoms with van der Waals surface area (Å²) in [7, 11) is 1.45. The molecule has 2 aromatic heterocycles. The van der Waals surface area contributed by atoms with E-state index in [9.17, 15) is 41.0 Å². The van der Waals surface area contributed by atoms with Crippen LogP contribution in [0, 0.1) is 6.92 Å². The highest BCUT2D eigenvalue weighted by atomic mass is 19.4. The van der Waals surface area contributed by atoms with E-state index in [1.165, 1.54) is 49.5 Å². The van der Waals surface area contributed by atoms with E-state index in [0.717, 1.165) is 10.5 Å². The zero-order valence-corrected chi connectivity index (χ0v) is 27.0. The number of hydrogen-bond donors (Lipinski definition) is 1. The number of hydrogen-bond acceptors (Lipinski definition) is 7. The van der Waals surface area contributed by atoms with Gasteiger partial charge in [-0.25, -0.2) is 24.5 Å². The Morgan fingerprint density at radius 3 is 2.25 bits per heavy atom. The summed E-state index contributed by atoms with van der Waals surface area (Å²) < 4.78 is 94.5. The third kappa shape index (κ3) is 6.93. The zero-order chi connectivity index (χ0) is 36.8. The second-order valence-electron chi connectivity index (χ2n) is 11.8. The number of carbonyl (C=O) groups excluding carboxylic acids is 1. The van der Waals surface area contributed by atoms with Crippen LogP contribution < -0.4 is 4.74 Å². The summed E-state index contributed by atoms with van der Waals surface area (Å²) in [6.07, 6.45) is -6.63. The van der Waals surface area contributed by atoms with Crippen LogP contribution in [0.5, 0.6) is 5.75 Å². The number of aryl methyl sites for hydroxylation is 1. The quantitative estimate of drug-likeness (QED) is 0.160. The van der Waals surface area contributed by atoms with Gasteiger partial charge >= 0.3 is 24.4 Å². The molecule has 0 saturated carbocycles. The first-order chi connectivity index (χ1) is 24.0. The summed E-state index contributed by atoms with van der Waals surface area (Å²) in [5, 5.41) is 9.41. The number of cyclic esters (lactones) is 1. The van der Waals surface area contributed by atoms with Crippen LogP contribution in [0.1, 0.15) is 51.3 Å². The van der Waals surface area contributed by atoms with Crippen molar-refractivity contribution < 1.29 is 50.5 Å². The molecule has 0 aliphatic carbocycles. The van der Waals surface area contributed by atoms with Crippen LogP contribution in [0.15, 0.2) is 79.5 Å². The number of nitrogens with zero attached hydrogens (tertiary/aromatic N) is 5. The van der Waals surface area contributed by atoms with Crippen LogP contribution in [0.25, 0.3) is 28.2 Å². The Hall–Kier alpha value is -5.93. The lowest BCUT2D eigenvalue weighted by molar-refractivity contribution is -0.143. The van der Waals surface area contributed by atoms with E-state index in [4.69, 9.17) is 9.47 Å². The number of carbonyl (C=O) groups is 2. The van der Waals surface area contributed by atoms with E-state index in [2.05, 4.69) is 15.0 Å². The van der Waals surface area contributed by atoms with E-state index in [0.29, 0.717) is 40.1 Å². The number of imidazole rings is 1. The standard InChI is InChI=1S/C35H27F6N5O5/c1-18-10-21(31(47)48)4-6-25(18)20-5-7-29(50-3)26(13-20)27-15-43-32(45-9-8-42-17-45)44-28(27)16-46-19(2)30(51-33(46)49)22-11-23(34(36,37)38)14-24(12-22)35(39,40)41/h4-15,17,19,30H,16H2,1-3H3,(H,47,48)/t19-,30?/m0/s1. The third-order valence-corrected chi connectivity index (χ3v) is 8.52. The largest absolute Gasteiger partial charge is 0.496 e. The summed E-state index contributed by atoms with van der Waals surface area (Å²) in [5.41, 5.74) is -0.222. The SMILES string of the molecule is COc1ccc(-c2ccc(C(=O)O)cc2C)cc1-c1cnc(-n2ccnc2)nc1CN1C(=O)OC(c2cc(C(F)(F)F)cc(C(F)(F)F)c2)[C@@H]1C. The fraction of sp³-hybridized carbons (Fsp3) is 0.229. The van der Waals surface area contributed by atoms with Gasteiger partial charge in [-0.05, 0) is 78.6 Å². The van der Waals surface area contributed by atoms with E-state index in [1.807, 2.05) is 0 Å². The third-order valence-electron chi connectivity index (χ3n) is 8.52. The van der Waals surface area contributed by atoms with Crippen molar-refractivity contribution in [2.24, 2.45) is 0 Å². The molecule has 0 spiro atoms. The molecule has 3 aromatic carbocycles. The second-order valence-corrected chi connectivity index (χ2v) is 11.8. The van der Waals surface area contributed by atoms with Crippen molar-refractivity contribution in [2.45, 2.75) is 44.9 Å². The number of carboxylic acid groups (broad SMARTS) is 1. The van der Waals surface area contributed by atoms with Gasteiger partial charge in [-0.1, -0.05) is 12.1 Å². The molecule has 1 aliphatic rings. The van der Waals surface area contributed by atoms with Crippen molar-refractivity contribution in [1.29, 1.82) is 0 Å². The number of methoxy groups -OCH3 is 1. The highest BCUT2D eigenvalue weighted by Gasteiger charge is 2.43. The molecule has 1 amide bonds. The number of ether oxygens (including phenoxy) is 2. The molecule has 0 radical (unpaired) electrons. The fourth-order valence-electron chi connectivity index (χ4n) is 5.92. The Labute approximate surface area is 285 Å². The summed E-state index contributed by atoms with van der Waals surface area (Å²) in [5.74, 6) is -0.533. The second kappa shape index (κ2) is 13.1. The normalized spacial score (nSPS) is 16.3. The van der Waals surface area contributed by atoms with E-state index < -0.39 is 53.3 Å². The van der Waals surface area contributed by atoms with Crippen LogP contribution in [-0.2, 0) is 23.6 Å². The average Bonchev–Trinajstić information content (AvgIpc) is 3.72. The van der Waals surface area contributed by atoms with Crippen LogP contribution >= 0.6 is 0 Å². The molecular weight excluding hydrogens is 684 g/mol. The first kappa shape index (κ1) is 34.9. The Morgan fingerprint density at radius 1 is 0.961 bits per heavy atom. The van der Waals surface area contributed by atoms with Gasteiger partial charge in [0.05, 0.1) is 42.1 Å². The molecule has 1 saturated heterocycles. The maximum Gasteiger partial charge on any atom is 0.416 e. The minimum Gasteiger partial charge on any atom is -0.496 e. The first-order valence-corrected chi connectivity index (χ1v) is 15.2. The molecule has 1 fully saturated rings. The van der Waals surface area contributed by atoms with Gasteiger partial charge in [0, 0.05) is 29.7 Å². The molecule has 2 atom stereocenters. The Kier molecular flexibility index (Phi) is 8.95. The molecule has 1 aliphatic heterocycles. The number of aromatic nitrogens is 4. The number of halogens is 6. The fourth-order valence-corrected chi connectivity index (χ4v) is 5.92. The molecule has 3 heterocycles. The minimum absolute atomic E-state index is 0.0109. The van der Waals surface area contributed by atoms with Gasteiger partial charge in [-0.2, -0.15) is 26.3 Å². The van der Waals surface area contributed by atoms with Crippen LogP contribution in [0.3, 0.4) is 0 Å². The van der Waals surface area contributed by atoms with E-state index in [1.54, 1.807) is 37.4 Å². The Morgan fingerprint density at radius 2 is 1.67 bits per heavy atom. The smallest absolute Gasteiger partial charge is 0.416 e. The molecule has 51 heavy (non-hydrogen) atoms. The summed E-state index contributed by atoms with van der Waals surface area (Å²) >= 11 is 0. The molecule has 16 heteroatoms. The van der Waals surface area contributed by atoms with Crippen molar-refractivity contribution in [2.75, 3.05) is 7.11 Å². The summed E-state index contributed by atoms with van der Waals surface area (Å²) in [4.78, 5) is 39.1. The van der Waals surface area contributed by atoms with Gasteiger partial charge in [0.25, 0.3) is 0 Å². The van der Waals surface area contributed by atoms with Crippen molar-refractivity contribution >= 4 is 12.1 Å². The van der Waals surface area contributed by atoms with Gasteiger partial charge in [0.1, 0.15) is 18.2 Å². The van der Waals surface area contributed by atoms with Gasteiger partial charge in [-0.3, -0.25) is 9.47 Å². The number of aromatic carboxylic acids is 1. The van der Waals surface area contributed by atoms with Crippen LogP contribution in [0.4, 0.5) is 31.1 Å². The number of carboxylic acids is 1. The average molecular weight is 712 g/mol.